The van der Waals surface area contributed by atoms with Gasteiger partial charge in [-0.25, -0.2) is 0 Å². The summed E-state index contributed by atoms with van der Waals surface area (Å²) in [6, 6.07) is 15.5. The predicted molar refractivity (Wildman–Crippen MR) is 75.3 cm³/mol. The highest BCUT2D eigenvalue weighted by Gasteiger charge is 2.06. The van der Waals surface area contributed by atoms with Gasteiger partial charge in [-0.3, -0.25) is 0 Å². The quantitative estimate of drug-likeness (QED) is 0.722. The fourth-order valence-electron chi connectivity index (χ4n) is 1.91. The van der Waals surface area contributed by atoms with Crippen molar-refractivity contribution in [3.8, 4) is 0 Å². The maximum Gasteiger partial charge on any atom is 0.0781 e. The van der Waals surface area contributed by atoms with Crippen molar-refractivity contribution in [2.75, 3.05) is 11.1 Å². The Bertz CT molecular complexity index is 523. The molecular weight excluding hydrogens is 224 g/mol. The largest absolute Gasteiger partial charge is 0.398 e. The van der Waals surface area contributed by atoms with E-state index in [0.717, 1.165) is 22.5 Å². The average Bonchev–Trinajstić information content (AvgIpc) is 2.38. The number of nitrogens with two attached hydrogens (primary N) is 1. The first-order valence-corrected chi connectivity index (χ1v) is 6.02. The zero-order valence-corrected chi connectivity index (χ0v) is 10.4. The first-order valence-electron chi connectivity index (χ1n) is 6.02. The molecule has 0 spiro atoms. The zero-order valence-electron chi connectivity index (χ0n) is 10.4. The van der Waals surface area contributed by atoms with E-state index in [4.69, 9.17) is 5.73 Å². The molecule has 0 fully saturated rings. The highest BCUT2D eigenvalue weighted by Crippen LogP contribution is 2.23. The first-order chi connectivity index (χ1) is 8.68. The molecule has 0 bridgehead atoms. The number of rotatable bonds is 4. The van der Waals surface area contributed by atoms with Gasteiger partial charge in [0, 0.05) is 23.5 Å². The van der Waals surface area contributed by atoms with Crippen molar-refractivity contribution in [1.29, 1.82) is 0 Å². The van der Waals surface area contributed by atoms with Crippen LogP contribution in [0.1, 0.15) is 24.2 Å². The van der Waals surface area contributed by atoms with E-state index in [1.54, 1.807) is 6.92 Å². The molecule has 0 aromatic heterocycles. The second-order valence-electron chi connectivity index (χ2n) is 4.32. The highest BCUT2D eigenvalue weighted by molar-refractivity contribution is 5.54. The van der Waals surface area contributed by atoms with Gasteiger partial charge in [-0.1, -0.05) is 36.4 Å². The van der Waals surface area contributed by atoms with E-state index in [2.05, 4.69) is 5.32 Å². The van der Waals surface area contributed by atoms with Crippen LogP contribution < -0.4 is 11.1 Å². The van der Waals surface area contributed by atoms with Crippen LogP contribution in [0, 0.1) is 0 Å². The summed E-state index contributed by atoms with van der Waals surface area (Å²) in [6.07, 6.45) is -0.484. The number of aliphatic hydroxyl groups excluding tert-OH is 1. The molecule has 2 aromatic rings. The van der Waals surface area contributed by atoms with E-state index < -0.39 is 6.10 Å². The Labute approximate surface area is 107 Å². The molecule has 0 aliphatic heterocycles. The van der Waals surface area contributed by atoms with Gasteiger partial charge in [-0.15, -0.1) is 0 Å². The molecule has 0 saturated heterocycles. The van der Waals surface area contributed by atoms with Crippen LogP contribution in [0.15, 0.2) is 48.5 Å². The third-order valence-corrected chi connectivity index (χ3v) is 2.94. The molecule has 0 radical (unpaired) electrons. The maximum absolute atomic E-state index is 9.69. The number of benzene rings is 2. The molecular formula is C15H18N2O. The minimum Gasteiger partial charge on any atom is -0.398 e. The van der Waals surface area contributed by atoms with Gasteiger partial charge in [0.2, 0.25) is 0 Å². The van der Waals surface area contributed by atoms with Gasteiger partial charge >= 0.3 is 0 Å². The van der Waals surface area contributed by atoms with Crippen LogP contribution in [0.2, 0.25) is 0 Å². The molecule has 1 unspecified atom stereocenters. The minimum absolute atomic E-state index is 0.484. The van der Waals surface area contributed by atoms with Gasteiger partial charge in [-0.2, -0.15) is 0 Å². The molecule has 3 heteroatoms. The highest BCUT2D eigenvalue weighted by atomic mass is 16.3. The van der Waals surface area contributed by atoms with E-state index in [-0.39, 0.29) is 0 Å². The molecule has 94 valence electrons. The fourth-order valence-corrected chi connectivity index (χ4v) is 1.91. The van der Waals surface area contributed by atoms with Gasteiger partial charge in [-0.05, 0) is 24.6 Å². The van der Waals surface area contributed by atoms with Crippen LogP contribution in [0.25, 0.3) is 0 Å². The Morgan fingerprint density at radius 1 is 1.11 bits per heavy atom. The number of para-hydroxylation sites is 2. The van der Waals surface area contributed by atoms with E-state index in [9.17, 15) is 5.11 Å². The monoisotopic (exact) mass is 242 g/mol. The van der Waals surface area contributed by atoms with Crippen LogP contribution in [-0.2, 0) is 6.54 Å². The van der Waals surface area contributed by atoms with Crippen molar-refractivity contribution in [2.45, 2.75) is 19.6 Å². The second kappa shape index (κ2) is 5.56. The van der Waals surface area contributed by atoms with Gasteiger partial charge in [0.15, 0.2) is 0 Å². The van der Waals surface area contributed by atoms with Crippen molar-refractivity contribution in [1.82, 2.24) is 0 Å². The maximum atomic E-state index is 9.69. The van der Waals surface area contributed by atoms with Crippen LogP contribution in [0.4, 0.5) is 11.4 Å². The Balaban J connectivity index is 2.14. The Hall–Kier alpha value is -2.00. The lowest BCUT2D eigenvalue weighted by Crippen LogP contribution is -2.05. The summed E-state index contributed by atoms with van der Waals surface area (Å²) in [5, 5.41) is 13.0. The van der Waals surface area contributed by atoms with E-state index >= 15 is 0 Å². The van der Waals surface area contributed by atoms with Gasteiger partial charge < -0.3 is 16.2 Å². The summed E-state index contributed by atoms with van der Waals surface area (Å²) in [5.74, 6) is 0. The molecule has 2 rings (SSSR count). The number of nitrogen functional groups attached to an aromatic ring is 1. The molecule has 3 nitrogen and oxygen atoms in total. The first kappa shape index (κ1) is 12.5. The molecule has 2 aromatic carbocycles. The second-order valence-corrected chi connectivity index (χ2v) is 4.32. The third-order valence-electron chi connectivity index (χ3n) is 2.94. The zero-order chi connectivity index (χ0) is 13.0. The lowest BCUT2D eigenvalue weighted by molar-refractivity contribution is 0.200. The topological polar surface area (TPSA) is 58.3 Å². The lowest BCUT2D eigenvalue weighted by atomic mass is 10.1. The number of aliphatic hydroxyl groups is 1. The van der Waals surface area contributed by atoms with Crippen molar-refractivity contribution in [3.63, 3.8) is 0 Å². The van der Waals surface area contributed by atoms with E-state index in [0.29, 0.717) is 6.54 Å². The summed E-state index contributed by atoms with van der Waals surface area (Å²) in [5.41, 5.74) is 9.56. The lowest BCUT2D eigenvalue weighted by Gasteiger charge is -2.14. The summed E-state index contributed by atoms with van der Waals surface area (Å²) in [7, 11) is 0. The normalized spacial score (nSPS) is 12.1. The molecule has 0 aliphatic carbocycles. The fraction of sp³-hybridized carbons (Fsp3) is 0.200. The summed E-state index contributed by atoms with van der Waals surface area (Å²) < 4.78 is 0. The number of anilines is 2. The van der Waals surface area contributed by atoms with Crippen LogP contribution in [-0.4, -0.2) is 5.11 Å². The molecule has 0 aliphatic rings. The van der Waals surface area contributed by atoms with E-state index in [1.807, 2.05) is 48.5 Å². The van der Waals surface area contributed by atoms with Crippen LogP contribution in [0.3, 0.4) is 0 Å². The van der Waals surface area contributed by atoms with Crippen molar-refractivity contribution < 1.29 is 5.11 Å². The van der Waals surface area contributed by atoms with Crippen molar-refractivity contribution in [2.24, 2.45) is 0 Å². The molecule has 1 atom stereocenters. The number of hydrogen-bond donors (Lipinski definition) is 3. The summed E-state index contributed by atoms with van der Waals surface area (Å²) in [6.45, 7) is 2.41. The molecule has 0 heterocycles. The Kier molecular flexibility index (Phi) is 3.85. The molecule has 4 N–H and O–H groups in total. The third kappa shape index (κ3) is 2.81. The number of nitrogens with one attached hydrogen (secondary N) is 1. The number of hydrogen-bond acceptors (Lipinski definition) is 3. The van der Waals surface area contributed by atoms with Crippen LogP contribution >= 0.6 is 0 Å². The SMILES string of the molecule is CC(O)c1ccccc1NCc1ccccc1N. The average molecular weight is 242 g/mol. The van der Waals surface area contributed by atoms with Crippen molar-refractivity contribution >= 4 is 11.4 Å². The van der Waals surface area contributed by atoms with Crippen molar-refractivity contribution in [3.05, 3.63) is 59.7 Å². The van der Waals surface area contributed by atoms with E-state index in [1.165, 1.54) is 0 Å². The Morgan fingerprint density at radius 2 is 1.78 bits per heavy atom. The van der Waals surface area contributed by atoms with Gasteiger partial charge in [0.05, 0.1) is 6.10 Å². The molecule has 18 heavy (non-hydrogen) atoms. The molecule has 0 saturated carbocycles. The molecule has 0 amide bonds. The predicted octanol–water partition coefficient (Wildman–Crippen LogP) is 2.93. The minimum atomic E-state index is -0.484. The Morgan fingerprint density at radius 3 is 2.50 bits per heavy atom. The standard InChI is InChI=1S/C15H18N2O/c1-11(18)13-7-3-5-9-15(13)17-10-12-6-2-4-8-14(12)16/h2-9,11,17-18H,10,16H2,1H3. The smallest absolute Gasteiger partial charge is 0.0781 e. The van der Waals surface area contributed by atoms with Gasteiger partial charge in [0.1, 0.15) is 0 Å². The summed E-state index contributed by atoms with van der Waals surface area (Å²) >= 11 is 0. The van der Waals surface area contributed by atoms with Crippen LogP contribution in [0.5, 0.6) is 0 Å². The van der Waals surface area contributed by atoms with Gasteiger partial charge in [0.25, 0.3) is 0 Å². The summed E-state index contributed by atoms with van der Waals surface area (Å²) in [4.78, 5) is 0.